The highest BCUT2D eigenvalue weighted by molar-refractivity contribution is 7.18. The van der Waals surface area contributed by atoms with Crippen molar-refractivity contribution in [2.45, 2.75) is 31.7 Å². The lowest BCUT2D eigenvalue weighted by atomic mass is 10.2. The van der Waals surface area contributed by atoms with Crippen LogP contribution in [0.5, 0.6) is 0 Å². The summed E-state index contributed by atoms with van der Waals surface area (Å²) in [6, 6.07) is 15.9. The van der Waals surface area contributed by atoms with Gasteiger partial charge in [0.05, 0.1) is 22.8 Å². The number of hydrogen-bond donors (Lipinski definition) is 1. The molecule has 0 aliphatic carbocycles. The summed E-state index contributed by atoms with van der Waals surface area (Å²) in [6.07, 6.45) is 3.63. The number of carbonyl (C=O) groups excluding carboxylic acids is 2. The average Bonchev–Trinajstić information content (AvgIpc) is 3.47. The third-order valence-corrected chi connectivity index (χ3v) is 6.98. The first-order valence-electron chi connectivity index (χ1n) is 10.5. The Morgan fingerprint density at radius 1 is 1.10 bits per heavy atom. The second-order valence-corrected chi connectivity index (χ2v) is 8.95. The Labute approximate surface area is 179 Å². The number of anilines is 2. The standard InChI is InChI=1S/C23H24N4O2S/c28-21(24-16-9-11-17(12-10-16)27-14-4-8-22(27)29)15-26-13-3-6-19(26)23-25-18-5-1-2-7-20(18)30-23/h1-2,5,7,9-12,19H,3-4,6,8,13-15H2,(H,24,28)/t19-/m0/s1. The number of rotatable bonds is 5. The fourth-order valence-electron chi connectivity index (χ4n) is 4.36. The van der Waals surface area contributed by atoms with Crippen LogP contribution in [0.4, 0.5) is 11.4 Å². The number of para-hydroxylation sites is 1. The molecular formula is C23H24N4O2S. The van der Waals surface area contributed by atoms with Gasteiger partial charge >= 0.3 is 0 Å². The Morgan fingerprint density at radius 2 is 1.93 bits per heavy atom. The second-order valence-electron chi connectivity index (χ2n) is 7.89. The van der Waals surface area contributed by atoms with E-state index in [1.165, 1.54) is 4.70 Å². The number of fused-ring (bicyclic) bond motifs is 1. The van der Waals surface area contributed by atoms with Gasteiger partial charge in [0.1, 0.15) is 5.01 Å². The molecule has 0 unspecified atom stereocenters. The molecule has 1 atom stereocenters. The molecule has 2 aliphatic heterocycles. The molecule has 154 valence electrons. The molecular weight excluding hydrogens is 396 g/mol. The molecule has 2 aliphatic rings. The number of carbonyl (C=O) groups is 2. The van der Waals surface area contributed by atoms with Crippen molar-refractivity contribution in [3.8, 4) is 0 Å². The third-order valence-electron chi connectivity index (χ3n) is 5.84. The van der Waals surface area contributed by atoms with E-state index in [2.05, 4.69) is 16.3 Å². The van der Waals surface area contributed by atoms with E-state index in [1.807, 2.05) is 42.5 Å². The molecule has 2 amide bonds. The maximum absolute atomic E-state index is 12.7. The lowest BCUT2D eigenvalue weighted by Crippen LogP contribution is -2.32. The highest BCUT2D eigenvalue weighted by Crippen LogP contribution is 2.36. The molecule has 30 heavy (non-hydrogen) atoms. The Kier molecular flexibility index (Phi) is 5.23. The Morgan fingerprint density at radius 3 is 2.70 bits per heavy atom. The van der Waals surface area contributed by atoms with Crippen LogP contribution in [0.15, 0.2) is 48.5 Å². The number of nitrogens with one attached hydrogen (secondary N) is 1. The van der Waals surface area contributed by atoms with Crippen LogP contribution < -0.4 is 10.2 Å². The number of thiazole rings is 1. The predicted molar refractivity (Wildman–Crippen MR) is 120 cm³/mol. The summed E-state index contributed by atoms with van der Waals surface area (Å²) in [6.45, 7) is 2.03. The van der Waals surface area contributed by atoms with Crippen molar-refractivity contribution >= 4 is 44.7 Å². The summed E-state index contributed by atoms with van der Waals surface area (Å²) >= 11 is 1.73. The topological polar surface area (TPSA) is 65.5 Å². The quantitative estimate of drug-likeness (QED) is 0.672. The van der Waals surface area contributed by atoms with E-state index in [1.54, 1.807) is 16.2 Å². The van der Waals surface area contributed by atoms with E-state index in [0.717, 1.165) is 54.3 Å². The van der Waals surface area contributed by atoms with Gasteiger partial charge in [0.25, 0.3) is 0 Å². The van der Waals surface area contributed by atoms with Crippen LogP contribution in [-0.2, 0) is 9.59 Å². The minimum atomic E-state index is -0.0204. The summed E-state index contributed by atoms with van der Waals surface area (Å²) in [5, 5.41) is 4.09. The van der Waals surface area contributed by atoms with Crippen LogP contribution >= 0.6 is 11.3 Å². The van der Waals surface area contributed by atoms with Gasteiger partial charge in [-0.05, 0) is 62.2 Å². The fourth-order valence-corrected chi connectivity index (χ4v) is 5.50. The monoisotopic (exact) mass is 420 g/mol. The molecule has 7 heteroatoms. The first kappa shape index (κ1) is 19.2. The zero-order chi connectivity index (χ0) is 20.5. The molecule has 2 saturated heterocycles. The van der Waals surface area contributed by atoms with E-state index in [4.69, 9.17) is 4.98 Å². The van der Waals surface area contributed by atoms with Crippen LogP contribution in [-0.4, -0.2) is 41.3 Å². The molecule has 5 rings (SSSR count). The molecule has 3 aromatic rings. The molecule has 0 saturated carbocycles. The van der Waals surface area contributed by atoms with Crippen LogP contribution in [0, 0.1) is 0 Å². The van der Waals surface area contributed by atoms with Gasteiger partial charge in [0, 0.05) is 24.3 Å². The number of benzene rings is 2. The van der Waals surface area contributed by atoms with E-state index in [9.17, 15) is 9.59 Å². The summed E-state index contributed by atoms with van der Waals surface area (Å²) < 4.78 is 1.19. The third kappa shape index (κ3) is 3.82. The number of aromatic nitrogens is 1. The van der Waals surface area contributed by atoms with E-state index in [0.29, 0.717) is 13.0 Å². The van der Waals surface area contributed by atoms with Crippen LogP contribution in [0.2, 0.25) is 0 Å². The second kappa shape index (κ2) is 8.16. The zero-order valence-corrected chi connectivity index (χ0v) is 17.5. The SMILES string of the molecule is O=C(CN1CCC[C@H]1c1nc2ccccc2s1)Nc1ccc(N2CCCC2=O)cc1. The first-order valence-corrected chi connectivity index (χ1v) is 11.3. The van der Waals surface area contributed by atoms with E-state index < -0.39 is 0 Å². The van der Waals surface area contributed by atoms with Crippen LogP contribution in [0.3, 0.4) is 0 Å². The minimum Gasteiger partial charge on any atom is -0.325 e. The number of nitrogens with zero attached hydrogens (tertiary/aromatic N) is 3. The van der Waals surface area contributed by atoms with Crippen LogP contribution in [0.1, 0.15) is 36.7 Å². The van der Waals surface area contributed by atoms with Crippen molar-refractivity contribution in [1.29, 1.82) is 0 Å². The Balaban J connectivity index is 1.23. The van der Waals surface area contributed by atoms with Gasteiger partial charge in [0.15, 0.2) is 0 Å². The van der Waals surface area contributed by atoms with Crippen LogP contribution in [0.25, 0.3) is 10.2 Å². The average molecular weight is 421 g/mol. The molecule has 0 bridgehead atoms. The molecule has 2 aromatic carbocycles. The summed E-state index contributed by atoms with van der Waals surface area (Å²) in [7, 11) is 0. The molecule has 2 fully saturated rings. The van der Waals surface area contributed by atoms with Gasteiger partial charge < -0.3 is 10.2 Å². The van der Waals surface area contributed by atoms with Crippen molar-refractivity contribution in [3.63, 3.8) is 0 Å². The van der Waals surface area contributed by atoms with Crippen molar-refractivity contribution in [1.82, 2.24) is 9.88 Å². The maximum Gasteiger partial charge on any atom is 0.238 e. The van der Waals surface area contributed by atoms with Gasteiger partial charge in [-0.2, -0.15) is 0 Å². The van der Waals surface area contributed by atoms with E-state index in [-0.39, 0.29) is 17.9 Å². The van der Waals surface area contributed by atoms with Crippen molar-refractivity contribution in [2.24, 2.45) is 0 Å². The Hall–Kier alpha value is -2.77. The predicted octanol–water partition coefficient (Wildman–Crippen LogP) is 4.20. The van der Waals surface area contributed by atoms with Gasteiger partial charge in [-0.3, -0.25) is 14.5 Å². The summed E-state index contributed by atoms with van der Waals surface area (Å²) in [4.78, 5) is 33.4. The van der Waals surface area contributed by atoms with Gasteiger partial charge in [0.2, 0.25) is 11.8 Å². The minimum absolute atomic E-state index is 0.0204. The molecule has 0 radical (unpaired) electrons. The van der Waals surface area contributed by atoms with E-state index >= 15 is 0 Å². The summed E-state index contributed by atoms with van der Waals surface area (Å²) in [5.41, 5.74) is 2.68. The smallest absolute Gasteiger partial charge is 0.238 e. The normalized spacial score (nSPS) is 19.7. The summed E-state index contributed by atoms with van der Waals surface area (Å²) in [5.74, 6) is 0.148. The largest absolute Gasteiger partial charge is 0.325 e. The fraction of sp³-hybridized carbons (Fsp3) is 0.348. The first-order chi connectivity index (χ1) is 14.7. The molecule has 1 N–H and O–H groups in total. The van der Waals surface area contributed by atoms with Crippen molar-refractivity contribution < 1.29 is 9.59 Å². The maximum atomic E-state index is 12.7. The molecule has 6 nitrogen and oxygen atoms in total. The molecule has 3 heterocycles. The molecule has 0 spiro atoms. The highest BCUT2D eigenvalue weighted by atomic mass is 32.1. The van der Waals surface area contributed by atoms with Gasteiger partial charge in [-0.1, -0.05) is 12.1 Å². The van der Waals surface area contributed by atoms with Gasteiger partial charge in [-0.25, -0.2) is 4.98 Å². The Bertz CT molecular complexity index is 1050. The zero-order valence-electron chi connectivity index (χ0n) is 16.7. The van der Waals surface area contributed by atoms with Crippen molar-refractivity contribution in [2.75, 3.05) is 29.9 Å². The number of hydrogen-bond acceptors (Lipinski definition) is 5. The van der Waals surface area contributed by atoms with Crippen molar-refractivity contribution in [3.05, 3.63) is 53.5 Å². The lowest BCUT2D eigenvalue weighted by Gasteiger charge is -2.22. The number of likely N-dealkylation sites (tertiary alicyclic amines) is 1. The number of amides is 2. The molecule has 1 aromatic heterocycles. The van der Waals surface area contributed by atoms with Gasteiger partial charge in [-0.15, -0.1) is 11.3 Å². The lowest BCUT2D eigenvalue weighted by molar-refractivity contribution is -0.118. The highest BCUT2D eigenvalue weighted by Gasteiger charge is 2.30.